The number of carbonyl (C=O) groups excluding carboxylic acids is 2. The highest BCUT2D eigenvalue weighted by Crippen LogP contribution is 2.17. The normalized spacial score (nSPS) is 12.6. The largest absolute Gasteiger partial charge is 0.339 e. The maximum absolute atomic E-state index is 13.2. The molecule has 10 heteroatoms. The van der Waals surface area contributed by atoms with Crippen LogP contribution in [0.2, 0.25) is 0 Å². The topological polar surface area (TPSA) is 117 Å². The molecule has 0 aliphatic rings. The Balaban J connectivity index is 1.77. The maximum Gasteiger partial charge on any atom is 0.270 e. The molecule has 0 aliphatic heterocycles. The number of pyridine rings is 1. The smallest absolute Gasteiger partial charge is 0.270 e. The van der Waals surface area contributed by atoms with E-state index in [0.29, 0.717) is 5.69 Å². The van der Waals surface area contributed by atoms with E-state index >= 15 is 0 Å². The fourth-order valence-corrected chi connectivity index (χ4v) is 4.63. The number of hydrogen-bond donors (Lipinski definition) is 3. The minimum absolute atomic E-state index is 0.0295. The van der Waals surface area contributed by atoms with Gasteiger partial charge in [-0.2, -0.15) is 0 Å². The average molecular weight is 499 g/mol. The van der Waals surface area contributed by atoms with Gasteiger partial charge in [-0.25, -0.2) is 22.5 Å². The number of benzene rings is 2. The summed E-state index contributed by atoms with van der Waals surface area (Å²) in [5.74, 6) is -1.72. The monoisotopic (exact) mass is 498 g/mol. The molecule has 3 rings (SSSR count). The van der Waals surface area contributed by atoms with Gasteiger partial charge in [0.25, 0.3) is 5.91 Å². The van der Waals surface area contributed by atoms with Gasteiger partial charge in [0.1, 0.15) is 17.6 Å². The van der Waals surface area contributed by atoms with E-state index in [1.54, 1.807) is 20.8 Å². The molecule has 0 bridgehead atoms. The first kappa shape index (κ1) is 26.0. The zero-order valence-electron chi connectivity index (χ0n) is 19.6. The van der Waals surface area contributed by atoms with E-state index in [4.69, 9.17) is 0 Å². The van der Waals surface area contributed by atoms with Crippen LogP contribution in [0.1, 0.15) is 36.8 Å². The highest BCUT2D eigenvalue weighted by atomic mass is 32.2. The number of anilines is 1. The third-order valence-corrected chi connectivity index (χ3v) is 6.51. The number of rotatable bonds is 8. The molecule has 1 heterocycles. The predicted molar refractivity (Wildman–Crippen MR) is 131 cm³/mol. The van der Waals surface area contributed by atoms with E-state index in [2.05, 4.69) is 20.3 Å². The van der Waals surface area contributed by atoms with Crippen molar-refractivity contribution in [2.75, 3.05) is 5.32 Å². The fourth-order valence-electron chi connectivity index (χ4n) is 3.21. The summed E-state index contributed by atoms with van der Waals surface area (Å²) in [5.41, 5.74) is 0.498. The molecule has 2 amide bonds. The number of halogens is 1. The molecule has 0 radical (unpaired) electrons. The summed E-state index contributed by atoms with van der Waals surface area (Å²) in [5, 5.41) is 5.35. The molecule has 0 fully saturated rings. The van der Waals surface area contributed by atoms with Crippen molar-refractivity contribution in [3.63, 3.8) is 0 Å². The minimum Gasteiger partial charge on any atom is -0.339 e. The van der Waals surface area contributed by atoms with E-state index in [-0.39, 0.29) is 17.0 Å². The molecule has 0 aliphatic carbocycles. The number of sulfonamides is 1. The third kappa shape index (κ3) is 7.69. The first-order chi connectivity index (χ1) is 16.4. The summed E-state index contributed by atoms with van der Waals surface area (Å²) in [4.78, 5) is 29.5. The number of aromatic nitrogens is 1. The van der Waals surface area contributed by atoms with Crippen LogP contribution in [0.25, 0.3) is 0 Å². The number of amides is 2. The zero-order chi connectivity index (χ0) is 25.6. The Hall–Kier alpha value is -3.63. The van der Waals surface area contributed by atoms with Gasteiger partial charge in [0.15, 0.2) is 0 Å². The van der Waals surface area contributed by atoms with Crippen LogP contribution >= 0.6 is 0 Å². The van der Waals surface area contributed by atoms with E-state index < -0.39 is 39.2 Å². The van der Waals surface area contributed by atoms with Crippen LogP contribution < -0.4 is 15.4 Å². The Morgan fingerprint density at radius 1 is 0.971 bits per heavy atom. The molecule has 3 N–H and O–H groups in total. The van der Waals surface area contributed by atoms with Gasteiger partial charge < -0.3 is 10.6 Å². The SMILES string of the molecule is CC(C)(C)NS(=O)(=O)c1ccc(NC(=O)C(Cc2ccccc2)NC(=O)c2ccc(F)cn2)cc1. The molecule has 0 saturated carbocycles. The number of carbonyl (C=O) groups is 2. The summed E-state index contributed by atoms with van der Waals surface area (Å²) < 4.78 is 40.7. The van der Waals surface area contributed by atoms with Crippen LogP contribution in [-0.4, -0.2) is 36.8 Å². The minimum atomic E-state index is -3.72. The van der Waals surface area contributed by atoms with Gasteiger partial charge in [-0.05, 0) is 62.7 Å². The van der Waals surface area contributed by atoms with Crippen molar-refractivity contribution in [2.24, 2.45) is 0 Å². The van der Waals surface area contributed by atoms with E-state index in [0.717, 1.165) is 17.8 Å². The van der Waals surface area contributed by atoms with Gasteiger partial charge >= 0.3 is 0 Å². The van der Waals surface area contributed by atoms with Crippen LogP contribution in [0, 0.1) is 5.82 Å². The standard InChI is InChI=1S/C25H27FN4O4S/c1-25(2,3)30-35(33,34)20-12-10-19(11-13-20)28-24(32)22(15-17-7-5-4-6-8-17)29-23(31)21-14-9-18(26)16-27-21/h4-14,16,22,30H,15H2,1-3H3,(H,28,32)(H,29,31). The molecule has 3 aromatic rings. The third-order valence-electron chi connectivity index (χ3n) is 4.74. The average Bonchev–Trinajstić information content (AvgIpc) is 2.78. The lowest BCUT2D eigenvalue weighted by molar-refractivity contribution is -0.118. The summed E-state index contributed by atoms with van der Waals surface area (Å²) in [7, 11) is -3.72. The zero-order valence-corrected chi connectivity index (χ0v) is 20.4. The summed E-state index contributed by atoms with van der Waals surface area (Å²) in [6, 6.07) is 16.2. The van der Waals surface area contributed by atoms with Crippen LogP contribution in [0.5, 0.6) is 0 Å². The van der Waals surface area contributed by atoms with Crippen LogP contribution in [0.15, 0.2) is 77.8 Å². The Morgan fingerprint density at radius 3 is 2.20 bits per heavy atom. The van der Waals surface area contributed by atoms with Crippen molar-refractivity contribution >= 4 is 27.5 Å². The molecule has 184 valence electrons. The molecule has 0 saturated heterocycles. The van der Waals surface area contributed by atoms with Crippen LogP contribution in [-0.2, 0) is 21.2 Å². The van der Waals surface area contributed by atoms with Crippen molar-refractivity contribution in [2.45, 2.75) is 43.7 Å². The number of nitrogens with one attached hydrogen (secondary N) is 3. The second-order valence-electron chi connectivity index (χ2n) is 8.95. The number of nitrogens with zero attached hydrogens (tertiary/aromatic N) is 1. The van der Waals surface area contributed by atoms with Gasteiger partial charge in [-0.15, -0.1) is 0 Å². The molecular weight excluding hydrogens is 471 g/mol. The van der Waals surface area contributed by atoms with Crippen molar-refractivity contribution in [3.05, 3.63) is 90.0 Å². The molecule has 0 spiro atoms. The van der Waals surface area contributed by atoms with Crippen molar-refractivity contribution in [1.82, 2.24) is 15.0 Å². The van der Waals surface area contributed by atoms with Gasteiger partial charge in [0, 0.05) is 17.6 Å². The second kappa shape index (κ2) is 10.7. The van der Waals surface area contributed by atoms with Crippen LogP contribution in [0.3, 0.4) is 0 Å². The Kier molecular flexibility index (Phi) is 7.98. The fraction of sp³-hybridized carbons (Fsp3) is 0.240. The summed E-state index contributed by atoms with van der Waals surface area (Å²) >= 11 is 0. The second-order valence-corrected chi connectivity index (χ2v) is 10.6. The number of hydrogen-bond acceptors (Lipinski definition) is 5. The Bertz CT molecular complexity index is 1270. The van der Waals surface area contributed by atoms with Gasteiger partial charge in [-0.1, -0.05) is 30.3 Å². The quantitative estimate of drug-likeness (QED) is 0.441. The lowest BCUT2D eigenvalue weighted by Crippen LogP contribution is -2.45. The Morgan fingerprint density at radius 2 is 1.63 bits per heavy atom. The molecular formula is C25H27FN4O4S. The molecule has 1 aromatic heterocycles. The van der Waals surface area contributed by atoms with Gasteiger partial charge in [-0.3, -0.25) is 9.59 Å². The molecule has 1 atom stereocenters. The van der Waals surface area contributed by atoms with Crippen molar-refractivity contribution in [3.8, 4) is 0 Å². The predicted octanol–water partition coefficient (Wildman–Crippen LogP) is 3.28. The van der Waals surface area contributed by atoms with Gasteiger partial charge in [0.05, 0.1) is 11.1 Å². The van der Waals surface area contributed by atoms with E-state index in [9.17, 15) is 22.4 Å². The van der Waals surface area contributed by atoms with Gasteiger partial charge in [0.2, 0.25) is 15.9 Å². The lowest BCUT2D eigenvalue weighted by Gasteiger charge is -2.21. The lowest BCUT2D eigenvalue weighted by atomic mass is 10.0. The first-order valence-electron chi connectivity index (χ1n) is 10.8. The maximum atomic E-state index is 13.2. The highest BCUT2D eigenvalue weighted by Gasteiger charge is 2.24. The van der Waals surface area contributed by atoms with E-state index in [1.165, 1.54) is 30.3 Å². The molecule has 1 unspecified atom stereocenters. The van der Waals surface area contributed by atoms with Crippen molar-refractivity contribution in [1.29, 1.82) is 0 Å². The molecule has 2 aromatic carbocycles. The highest BCUT2D eigenvalue weighted by molar-refractivity contribution is 7.89. The Labute approximate surface area is 204 Å². The van der Waals surface area contributed by atoms with Crippen molar-refractivity contribution < 1.29 is 22.4 Å². The molecule has 8 nitrogen and oxygen atoms in total. The first-order valence-corrected chi connectivity index (χ1v) is 12.3. The summed E-state index contributed by atoms with van der Waals surface area (Å²) in [6.45, 7) is 5.21. The van der Waals surface area contributed by atoms with E-state index in [1.807, 2.05) is 30.3 Å². The van der Waals surface area contributed by atoms with Crippen LogP contribution in [0.4, 0.5) is 10.1 Å². The molecule has 35 heavy (non-hydrogen) atoms. The summed E-state index contributed by atoms with van der Waals surface area (Å²) in [6.07, 6.45) is 1.12.